The Hall–Kier alpha value is -2.21. The molecule has 1 N–H and O–H groups in total. The number of aliphatic carboxylic acids is 1. The first-order valence-electron chi connectivity index (χ1n) is 5.97. The molecule has 0 spiro atoms. The Bertz CT molecular complexity index is 502. The van der Waals surface area contributed by atoms with Crippen molar-refractivity contribution in [2.24, 2.45) is 0 Å². The standard InChI is InChI=1S/C14H16FNO4/c1-20-9-8-16(10-14(18)19)13(17)7-6-11-4-2-3-5-12(11)15/h2-7H,8-10H2,1H3,(H,18,19). The molecule has 0 saturated heterocycles. The second-order valence-corrected chi connectivity index (χ2v) is 4.00. The van der Waals surface area contributed by atoms with Crippen LogP contribution in [-0.4, -0.2) is 48.7 Å². The predicted octanol–water partition coefficient (Wildman–Crippen LogP) is 1.40. The quantitative estimate of drug-likeness (QED) is 0.767. The van der Waals surface area contributed by atoms with Crippen LogP contribution in [0.5, 0.6) is 0 Å². The van der Waals surface area contributed by atoms with Crippen molar-refractivity contribution in [1.82, 2.24) is 4.90 Å². The van der Waals surface area contributed by atoms with Gasteiger partial charge in [0.1, 0.15) is 12.4 Å². The van der Waals surface area contributed by atoms with Crippen molar-refractivity contribution in [2.75, 3.05) is 26.8 Å². The molecule has 1 aromatic rings. The Labute approximate surface area is 116 Å². The van der Waals surface area contributed by atoms with Gasteiger partial charge < -0.3 is 14.7 Å². The molecule has 0 aromatic heterocycles. The Balaban J connectivity index is 2.74. The van der Waals surface area contributed by atoms with E-state index in [1.807, 2.05) is 0 Å². The first kappa shape index (κ1) is 15.8. The number of rotatable bonds is 7. The molecule has 108 valence electrons. The molecule has 0 aliphatic rings. The number of hydrogen-bond donors (Lipinski definition) is 1. The number of carbonyl (C=O) groups is 2. The minimum Gasteiger partial charge on any atom is -0.480 e. The third-order valence-electron chi connectivity index (χ3n) is 2.51. The minimum absolute atomic E-state index is 0.156. The van der Waals surface area contributed by atoms with E-state index >= 15 is 0 Å². The summed E-state index contributed by atoms with van der Waals surface area (Å²) in [5.74, 6) is -2.07. The van der Waals surface area contributed by atoms with E-state index in [0.29, 0.717) is 0 Å². The molecule has 0 unspecified atom stereocenters. The number of methoxy groups -OCH3 is 1. The predicted molar refractivity (Wildman–Crippen MR) is 71.5 cm³/mol. The van der Waals surface area contributed by atoms with E-state index in [1.54, 1.807) is 12.1 Å². The van der Waals surface area contributed by atoms with Gasteiger partial charge in [0.25, 0.3) is 0 Å². The summed E-state index contributed by atoms with van der Waals surface area (Å²) in [5.41, 5.74) is 0.267. The fourth-order valence-corrected chi connectivity index (χ4v) is 1.51. The number of carboxylic acid groups (broad SMARTS) is 1. The fourth-order valence-electron chi connectivity index (χ4n) is 1.51. The smallest absolute Gasteiger partial charge is 0.323 e. The zero-order valence-corrected chi connectivity index (χ0v) is 11.1. The maximum absolute atomic E-state index is 13.4. The molecule has 5 nitrogen and oxygen atoms in total. The molecule has 20 heavy (non-hydrogen) atoms. The van der Waals surface area contributed by atoms with Gasteiger partial charge in [-0.1, -0.05) is 18.2 Å². The second kappa shape index (κ2) is 8.06. The van der Waals surface area contributed by atoms with Gasteiger partial charge in [-0.25, -0.2) is 4.39 Å². The highest BCUT2D eigenvalue weighted by molar-refractivity contribution is 5.93. The van der Waals surface area contributed by atoms with E-state index in [0.717, 1.165) is 11.0 Å². The number of hydrogen-bond acceptors (Lipinski definition) is 3. The average molecular weight is 281 g/mol. The van der Waals surface area contributed by atoms with Gasteiger partial charge in [0.05, 0.1) is 6.61 Å². The molecule has 0 saturated carbocycles. The summed E-state index contributed by atoms with van der Waals surface area (Å²) >= 11 is 0. The molecule has 0 heterocycles. The number of amides is 1. The van der Waals surface area contributed by atoms with Gasteiger partial charge in [0.2, 0.25) is 5.91 Å². The van der Waals surface area contributed by atoms with Crippen LogP contribution in [0.4, 0.5) is 4.39 Å². The van der Waals surface area contributed by atoms with Gasteiger partial charge in [0.15, 0.2) is 0 Å². The monoisotopic (exact) mass is 281 g/mol. The highest BCUT2D eigenvalue weighted by Crippen LogP contribution is 2.08. The summed E-state index contributed by atoms with van der Waals surface area (Å²) in [5, 5.41) is 8.74. The van der Waals surface area contributed by atoms with Crippen LogP contribution >= 0.6 is 0 Å². The number of nitrogens with zero attached hydrogens (tertiary/aromatic N) is 1. The van der Waals surface area contributed by atoms with Gasteiger partial charge in [-0.3, -0.25) is 9.59 Å². The van der Waals surface area contributed by atoms with E-state index in [2.05, 4.69) is 0 Å². The van der Waals surface area contributed by atoms with Crippen molar-refractivity contribution in [3.05, 3.63) is 41.7 Å². The first-order chi connectivity index (χ1) is 9.54. The lowest BCUT2D eigenvalue weighted by molar-refractivity contribution is -0.143. The van der Waals surface area contributed by atoms with Crippen LogP contribution in [-0.2, 0) is 14.3 Å². The lowest BCUT2D eigenvalue weighted by Gasteiger charge is -2.18. The van der Waals surface area contributed by atoms with E-state index in [1.165, 1.54) is 25.3 Å². The maximum atomic E-state index is 13.4. The molecular formula is C14H16FNO4. The zero-order valence-electron chi connectivity index (χ0n) is 11.1. The van der Waals surface area contributed by atoms with Gasteiger partial charge in [0, 0.05) is 25.3 Å². The molecule has 6 heteroatoms. The van der Waals surface area contributed by atoms with Crippen molar-refractivity contribution in [1.29, 1.82) is 0 Å². The fraction of sp³-hybridized carbons (Fsp3) is 0.286. The van der Waals surface area contributed by atoms with Crippen LogP contribution in [0.1, 0.15) is 5.56 Å². The van der Waals surface area contributed by atoms with E-state index in [9.17, 15) is 14.0 Å². The van der Waals surface area contributed by atoms with Gasteiger partial charge in [-0.05, 0) is 12.1 Å². The molecule has 1 rings (SSSR count). The molecule has 0 bridgehead atoms. The van der Waals surface area contributed by atoms with Crippen molar-refractivity contribution in [3.63, 3.8) is 0 Å². The van der Waals surface area contributed by atoms with Crippen LogP contribution in [0, 0.1) is 5.82 Å². The normalized spacial score (nSPS) is 10.7. The average Bonchev–Trinajstić information content (AvgIpc) is 2.41. The van der Waals surface area contributed by atoms with Crippen molar-refractivity contribution in [2.45, 2.75) is 0 Å². The molecule has 0 atom stereocenters. The lowest BCUT2D eigenvalue weighted by atomic mass is 10.2. The summed E-state index contributed by atoms with van der Waals surface area (Å²) < 4.78 is 18.2. The van der Waals surface area contributed by atoms with Gasteiger partial charge in [-0.15, -0.1) is 0 Å². The minimum atomic E-state index is -1.12. The van der Waals surface area contributed by atoms with E-state index < -0.39 is 24.2 Å². The molecule has 1 aromatic carbocycles. The molecule has 0 fully saturated rings. The topological polar surface area (TPSA) is 66.8 Å². The van der Waals surface area contributed by atoms with Crippen LogP contribution < -0.4 is 0 Å². The molecule has 0 radical (unpaired) electrons. The van der Waals surface area contributed by atoms with Crippen molar-refractivity contribution < 1.29 is 23.8 Å². The van der Waals surface area contributed by atoms with Crippen LogP contribution in [0.25, 0.3) is 6.08 Å². The second-order valence-electron chi connectivity index (χ2n) is 4.00. The molecular weight excluding hydrogens is 265 g/mol. The highest BCUT2D eigenvalue weighted by Gasteiger charge is 2.14. The number of ether oxygens (including phenoxy) is 1. The summed E-state index contributed by atoms with van der Waals surface area (Å²) in [6.45, 7) is -0.0421. The lowest BCUT2D eigenvalue weighted by Crippen LogP contribution is -2.36. The van der Waals surface area contributed by atoms with Gasteiger partial charge >= 0.3 is 5.97 Å². The summed E-state index contributed by atoms with van der Waals surface area (Å²) in [6, 6.07) is 6.00. The van der Waals surface area contributed by atoms with Gasteiger partial charge in [-0.2, -0.15) is 0 Å². The van der Waals surface area contributed by atoms with E-state index in [-0.39, 0.29) is 18.7 Å². The van der Waals surface area contributed by atoms with Crippen LogP contribution in [0.2, 0.25) is 0 Å². The van der Waals surface area contributed by atoms with Crippen molar-refractivity contribution in [3.8, 4) is 0 Å². The number of benzene rings is 1. The molecule has 0 aliphatic heterocycles. The highest BCUT2D eigenvalue weighted by atomic mass is 19.1. The maximum Gasteiger partial charge on any atom is 0.323 e. The Kier molecular flexibility index (Phi) is 6.39. The SMILES string of the molecule is COCCN(CC(=O)O)C(=O)C=Cc1ccccc1F. The molecule has 0 aliphatic carbocycles. The summed E-state index contributed by atoms with van der Waals surface area (Å²) in [6.07, 6.45) is 2.47. The Morgan fingerprint density at radius 3 is 2.70 bits per heavy atom. The van der Waals surface area contributed by atoms with Crippen LogP contribution in [0.3, 0.4) is 0 Å². The third-order valence-corrected chi connectivity index (χ3v) is 2.51. The van der Waals surface area contributed by atoms with Crippen LogP contribution in [0.15, 0.2) is 30.3 Å². The zero-order chi connectivity index (χ0) is 15.0. The first-order valence-corrected chi connectivity index (χ1v) is 5.97. The summed E-state index contributed by atoms with van der Waals surface area (Å²) in [4.78, 5) is 23.7. The number of halogens is 1. The Morgan fingerprint density at radius 1 is 1.40 bits per heavy atom. The third kappa shape index (κ3) is 5.19. The molecule has 1 amide bonds. The number of carboxylic acids is 1. The Morgan fingerprint density at radius 2 is 2.10 bits per heavy atom. The van der Waals surface area contributed by atoms with E-state index in [4.69, 9.17) is 9.84 Å². The number of carbonyl (C=O) groups excluding carboxylic acids is 1. The summed E-state index contributed by atoms with van der Waals surface area (Å²) in [7, 11) is 1.46. The van der Waals surface area contributed by atoms with Crippen molar-refractivity contribution >= 4 is 18.0 Å². The largest absolute Gasteiger partial charge is 0.480 e.